The van der Waals surface area contributed by atoms with Crippen LogP contribution in [0.1, 0.15) is 49.8 Å². The SMILES string of the molecule is Cl.N.N.N.N.[HH].[HH].[HH].[HH].c1cncc(CNc2nc(N3CCCCC3)nc(N3CCCCC3)n2)c1. The Morgan fingerprint density at radius 2 is 1.29 bits per heavy atom. The molecule has 0 radical (unpaired) electrons. The van der Waals surface area contributed by atoms with E-state index in [1.54, 1.807) is 6.20 Å². The van der Waals surface area contributed by atoms with E-state index in [2.05, 4.69) is 26.2 Å². The second kappa shape index (κ2) is 15.5. The highest BCUT2D eigenvalue weighted by Crippen LogP contribution is 2.22. The monoisotopic (exact) mass is 465 g/mol. The van der Waals surface area contributed by atoms with Crippen molar-refractivity contribution in [3.05, 3.63) is 30.1 Å². The van der Waals surface area contributed by atoms with Crippen molar-refractivity contribution in [2.75, 3.05) is 41.3 Å². The van der Waals surface area contributed by atoms with E-state index in [0.29, 0.717) is 12.5 Å². The van der Waals surface area contributed by atoms with Gasteiger partial charge in [0.15, 0.2) is 0 Å². The molecule has 0 spiro atoms. The Balaban J connectivity index is -0.000000234. The predicted octanol–water partition coefficient (Wildman–Crippen LogP) is 4.91. The summed E-state index contributed by atoms with van der Waals surface area (Å²) in [6.07, 6.45) is 11.1. The minimum absolute atomic E-state index is 0. The first-order valence-corrected chi connectivity index (χ1v) is 9.77. The van der Waals surface area contributed by atoms with E-state index in [-0.39, 0.29) is 42.7 Å². The normalized spacial score (nSPS) is 15.1. The fraction of sp³-hybridized carbons (Fsp3) is 0.579. The summed E-state index contributed by atoms with van der Waals surface area (Å²) in [5.41, 5.74) is 1.12. The zero-order valence-corrected chi connectivity index (χ0v) is 19.3. The summed E-state index contributed by atoms with van der Waals surface area (Å²) >= 11 is 0. The molecule has 2 aliphatic heterocycles. The first-order valence-electron chi connectivity index (χ1n) is 9.77. The largest absolute Gasteiger partial charge is 0.350 e. The molecule has 0 unspecified atom stereocenters. The molecule has 4 rings (SSSR count). The van der Waals surface area contributed by atoms with Crippen LogP contribution in [0.2, 0.25) is 0 Å². The van der Waals surface area contributed by atoms with E-state index in [1.807, 2.05) is 12.3 Å². The maximum absolute atomic E-state index is 4.81. The van der Waals surface area contributed by atoms with Crippen molar-refractivity contribution in [3.8, 4) is 0 Å². The number of halogens is 1. The van der Waals surface area contributed by atoms with Gasteiger partial charge in [0, 0.05) is 50.8 Å². The van der Waals surface area contributed by atoms with Gasteiger partial charge >= 0.3 is 0 Å². The highest BCUT2D eigenvalue weighted by molar-refractivity contribution is 5.85. The van der Waals surface area contributed by atoms with E-state index >= 15 is 0 Å². The standard InChI is InChI=1S/C19H27N7.ClH.4H3N.4H2/c1-3-10-25(11-4-1)18-22-17(21-15-16-8-7-9-20-14-16)23-19(24-18)26-12-5-2-6-13-26;;;;;;;;;/h7-9,14H,1-6,10-13,15H2,(H,21,22,23,24);1H;4*1H3;4*1H. The maximum Gasteiger partial charge on any atom is 0.231 e. The molecule has 0 amide bonds. The molecule has 0 aromatic carbocycles. The van der Waals surface area contributed by atoms with Gasteiger partial charge in [-0.2, -0.15) is 15.0 Å². The highest BCUT2D eigenvalue weighted by Gasteiger charge is 2.20. The van der Waals surface area contributed by atoms with Gasteiger partial charge in [-0.15, -0.1) is 12.4 Å². The van der Waals surface area contributed by atoms with Gasteiger partial charge in [-0.3, -0.25) is 4.98 Å². The van der Waals surface area contributed by atoms with Crippen LogP contribution in [0, 0.1) is 0 Å². The minimum Gasteiger partial charge on any atom is -0.350 e. The predicted molar refractivity (Wildman–Crippen MR) is 139 cm³/mol. The Kier molecular flexibility index (Phi) is 15.4. The molecule has 0 atom stereocenters. The molecule has 11 nitrogen and oxygen atoms in total. The lowest BCUT2D eigenvalue weighted by Gasteiger charge is -2.30. The molecule has 0 bridgehead atoms. The Morgan fingerprint density at radius 1 is 0.774 bits per heavy atom. The number of rotatable bonds is 5. The molecule has 2 aliphatic rings. The third kappa shape index (κ3) is 8.38. The average Bonchev–Trinajstić information content (AvgIpc) is 2.74. The summed E-state index contributed by atoms with van der Waals surface area (Å²) in [4.78, 5) is 23.0. The maximum atomic E-state index is 4.81. The van der Waals surface area contributed by atoms with Crippen molar-refractivity contribution >= 4 is 30.3 Å². The minimum atomic E-state index is 0. The van der Waals surface area contributed by atoms with Crippen molar-refractivity contribution in [3.63, 3.8) is 0 Å². The van der Waals surface area contributed by atoms with Gasteiger partial charge in [-0.05, 0) is 50.2 Å². The zero-order chi connectivity index (χ0) is 17.6. The van der Waals surface area contributed by atoms with Crippen LogP contribution < -0.4 is 39.7 Å². The number of anilines is 3. The molecule has 186 valence electrons. The summed E-state index contributed by atoms with van der Waals surface area (Å²) in [6, 6.07) is 4.00. The van der Waals surface area contributed by atoms with Crippen LogP contribution in [0.15, 0.2) is 24.5 Å². The summed E-state index contributed by atoms with van der Waals surface area (Å²) in [7, 11) is 0. The van der Waals surface area contributed by atoms with Gasteiger partial charge < -0.3 is 39.7 Å². The van der Waals surface area contributed by atoms with Crippen LogP contribution in [0.4, 0.5) is 17.8 Å². The number of pyridine rings is 1. The summed E-state index contributed by atoms with van der Waals surface area (Å²) in [5, 5.41) is 3.36. The molecule has 31 heavy (non-hydrogen) atoms. The van der Waals surface area contributed by atoms with Gasteiger partial charge in [-0.25, -0.2) is 0 Å². The van der Waals surface area contributed by atoms with Crippen molar-refractivity contribution in [1.82, 2.24) is 44.5 Å². The number of aromatic nitrogens is 4. The van der Waals surface area contributed by atoms with Gasteiger partial charge in [-0.1, -0.05) is 6.07 Å². The molecule has 0 aliphatic carbocycles. The van der Waals surface area contributed by atoms with Crippen LogP contribution in [-0.4, -0.2) is 46.1 Å². The summed E-state index contributed by atoms with van der Waals surface area (Å²) < 4.78 is 0. The summed E-state index contributed by atoms with van der Waals surface area (Å²) in [6.45, 7) is 4.80. The topological polar surface area (TPSA) is 210 Å². The highest BCUT2D eigenvalue weighted by atomic mass is 35.5. The molecular weight excluding hydrogens is 418 g/mol. The Labute approximate surface area is 197 Å². The number of hydrogen-bond acceptors (Lipinski definition) is 11. The van der Waals surface area contributed by atoms with E-state index < -0.39 is 0 Å². The van der Waals surface area contributed by atoms with Crippen molar-refractivity contribution in [2.45, 2.75) is 45.1 Å². The molecule has 12 heteroatoms. The van der Waals surface area contributed by atoms with Gasteiger partial charge in [0.05, 0.1) is 0 Å². The quantitative estimate of drug-likeness (QED) is 0.399. The fourth-order valence-corrected chi connectivity index (χ4v) is 3.59. The van der Waals surface area contributed by atoms with Crippen molar-refractivity contribution in [2.24, 2.45) is 0 Å². The number of nitrogens with zero attached hydrogens (tertiary/aromatic N) is 6. The van der Waals surface area contributed by atoms with Crippen LogP contribution in [0.3, 0.4) is 0 Å². The van der Waals surface area contributed by atoms with Crippen LogP contribution in [0.25, 0.3) is 0 Å². The number of piperidine rings is 2. The molecule has 4 heterocycles. The lowest BCUT2D eigenvalue weighted by molar-refractivity contribution is 0.556. The molecule has 0 saturated carbocycles. The Morgan fingerprint density at radius 3 is 1.74 bits per heavy atom. The molecule has 2 fully saturated rings. The number of nitrogens with one attached hydrogen (secondary N) is 1. The molecular formula is C19H48ClN11. The van der Waals surface area contributed by atoms with E-state index in [4.69, 9.17) is 15.0 Å². The second-order valence-corrected chi connectivity index (χ2v) is 7.07. The van der Waals surface area contributed by atoms with Crippen LogP contribution >= 0.6 is 12.4 Å². The first-order chi connectivity index (χ1) is 12.9. The van der Waals surface area contributed by atoms with E-state index in [1.165, 1.54) is 38.5 Å². The zero-order valence-electron chi connectivity index (χ0n) is 18.5. The lowest BCUT2D eigenvalue weighted by Crippen LogP contribution is -2.34. The van der Waals surface area contributed by atoms with Crippen LogP contribution in [-0.2, 0) is 6.54 Å². The third-order valence-corrected chi connectivity index (χ3v) is 5.06. The summed E-state index contributed by atoms with van der Waals surface area (Å²) in [5.74, 6) is 2.29. The molecule has 13 N–H and O–H groups in total. The molecule has 2 aromatic rings. The molecule has 2 aromatic heterocycles. The third-order valence-electron chi connectivity index (χ3n) is 5.06. The van der Waals surface area contributed by atoms with E-state index in [9.17, 15) is 0 Å². The smallest absolute Gasteiger partial charge is 0.231 e. The van der Waals surface area contributed by atoms with Crippen molar-refractivity contribution in [1.29, 1.82) is 0 Å². The van der Waals surface area contributed by atoms with Gasteiger partial charge in [0.1, 0.15) is 0 Å². The van der Waals surface area contributed by atoms with Gasteiger partial charge in [0.2, 0.25) is 17.8 Å². The average molecular weight is 466 g/mol. The van der Waals surface area contributed by atoms with E-state index in [0.717, 1.165) is 43.6 Å². The fourth-order valence-electron chi connectivity index (χ4n) is 3.59. The number of hydrogen-bond donors (Lipinski definition) is 5. The first kappa shape index (κ1) is 30.9. The second-order valence-electron chi connectivity index (χ2n) is 7.07. The Hall–Kier alpha value is -2.31. The molecule has 2 saturated heterocycles. The van der Waals surface area contributed by atoms with Gasteiger partial charge in [0.25, 0.3) is 0 Å². The van der Waals surface area contributed by atoms with Crippen LogP contribution in [0.5, 0.6) is 0 Å². The lowest BCUT2D eigenvalue weighted by atomic mass is 10.1. The Bertz CT molecular complexity index is 689. The van der Waals surface area contributed by atoms with Crippen molar-refractivity contribution < 1.29 is 5.71 Å².